The van der Waals surface area contributed by atoms with Crippen LogP contribution in [0.25, 0.3) is 0 Å². The highest BCUT2D eigenvalue weighted by Gasteiger charge is 2.31. The van der Waals surface area contributed by atoms with Crippen LogP contribution in [0, 0.1) is 13.8 Å². The molecule has 0 aliphatic heterocycles. The SMILES string of the molecule is Cc1nn(C)c(C)c1NC(=O)C(C)(C)n1cc(Br)cn1. The Hall–Kier alpha value is -1.63. The van der Waals surface area contributed by atoms with E-state index < -0.39 is 5.54 Å². The van der Waals surface area contributed by atoms with E-state index in [-0.39, 0.29) is 5.91 Å². The first-order chi connectivity index (χ1) is 9.23. The topological polar surface area (TPSA) is 64.7 Å². The van der Waals surface area contributed by atoms with E-state index in [1.165, 1.54) is 0 Å². The highest BCUT2D eigenvalue weighted by molar-refractivity contribution is 9.10. The average molecular weight is 340 g/mol. The second kappa shape index (κ2) is 5.05. The molecule has 108 valence electrons. The van der Waals surface area contributed by atoms with Crippen molar-refractivity contribution in [3.05, 3.63) is 28.3 Å². The average Bonchev–Trinajstić information content (AvgIpc) is 2.89. The highest BCUT2D eigenvalue weighted by atomic mass is 79.9. The van der Waals surface area contributed by atoms with Crippen LogP contribution < -0.4 is 5.32 Å². The van der Waals surface area contributed by atoms with E-state index in [9.17, 15) is 4.79 Å². The minimum atomic E-state index is -0.791. The summed E-state index contributed by atoms with van der Waals surface area (Å²) in [6.45, 7) is 7.44. The van der Waals surface area contributed by atoms with E-state index in [0.29, 0.717) is 0 Å². The molecule has 2 heterocycles. The Morgan fingerprint density at radius 2 is 2.05 bits per heavy atom. The summed E-state index contributed by atoms with van der Waals surface area (Å²) in [5.41, 5.74) is 1.70. The van der Waals surface area contributed by atoms with Crippen LogP contribution in [-0.4, -0.2) is 25.5 Å². The highest BCUT2D eigenvalue weighted by Crippen LogP contribution is 2.23. The lowest BCUT2D eigenvalue weighted by Gasteiger charge is -2.24. The van der Waals surface area contributed by atoms with Gasteiger partial charge in [-0.25, -0.2) is 0 Å². The summed E-state index contributed by atoms with van der Waals surface area (Å²) in [5.74, 6) is -0.132. The molecule has 2 aromatic rings. The number of halogens is 1. The van der Waals surface area contributed by atoms with Gasteiger partial charge in [-0.15, -0.1) is 0 Å². The molecule has 0 saturated carbocycles. The maximum Gasteiger partial charge on any atom is 0.251 e. The molecule has 20 heavy (non-hydrogen) atoms. The van der Waals surface area contributed by atoms with Crippen LogP contribution in [0.5, 0.6) is 0 Å². The molecule has 7 heteroatoms. The Kier molecular flexibility index (Phi) is 3.73. The molecule has 0 aromatic carbocycles. The summed E-state index contributed by atoms with van der Waals surface area (Å²) < 4.78 is 4.22. The van der Waals surface area contributed by atoms with Crippen LogP contribution in [0.2, 0.25) is 0 Å². The Morgan fingerprint density at radius 1 is 1.40 bits per heavy atom. The summed E-state index contributed by atoms with van der Waals surface area (Å²) >= 11 is 3.34. The number of hydrogen-bond acceptors (Lipinski definition) is 3. The van der Waals surface area contributed by atoms with E-state index in [0.717, 1.165) is 21.5 Å². The van der Waals surface area contributed by atoms with Gasteiger partial charge in [-0.1, -0.05) is 0 Å². The molecular formula is C13H18BrN5O. The number of carbonyl (C=O) groups excluding carboxylic acids is 1. The van der Waals surface area contributed by atoms with Gasteiger partial charge in [0, 0.05) is 13.2 Å². The molecule has 6 nitrogen and oxygen atoms in total. The molecule has 0 radical (unpaired) electrons. The lowest BCUT2D eigenvalue weighted by molar-refractivity contribution is -0.123. The van der Waals surface area contributed by atoms with E-state index in [4.69, 9.17) is 0 Å². The first kappa shape index (κ1) is 14.8. The van der Waals surface area contributed by atoms with E-state index in [1.807, 2.05) is 34.7 Å². The lowest BCUT2D eigenvalue weighted by Crippen LogP contribution is -2.40. The zero-order chi connectivity index (χ0) is 15.1. The zero-order valence-corrected chi connectivity index (χ0v) is 13.8. The van der Waals surface area contributed by atoms with Crippen molar-refractivity contribution in [1.82, 2.24) is 19.6 Å². The molecule has 2 rings (SSSR count). The van der Waals surface area contributed by atoms with Crippen molar-refractivity contribution in [3.63, 3.8) is 0 Å². The summed E-state index contributed by atoms with van der Waals surface area (Å²) in [6, 6.07) is 0. The van der Waals surface area contributed by atoms with Crippen LogP contribution in [0.15, 0.2) is 16.9 Å². The predicted octanol–water partition coefficient (Wildman–Crippen LogP) is 2.37. The number of anilines is 1. The van der Waals surface area contributed by atoms with Crippen molar-refractivity contribution in [1.29, 1.82) is 0 Å². The standard InChI is InChI=1S/C13H18BrN5O/c1-8-11(9(2)18(5)17-8)16-12(20)13(3,4)19-7-10(14)6-15-19/h6-7H,1-5H3,(H,16,20). The Bertz CT molecular complexity index is 656. The minimum absolute atomic E-state index is 0.132. The quantitative estimate of drug-likeness (QED) is 0.933. The fourth-order valence-corrected chi connectivity index (χ4v) is 2.22. The summed E-state index contributed by atoms with van der Waals surface area (Å²) in [6.07, 6.45) is 3.44. The van der Waals surface area contributed by atoms with Gasteiger partial charge in [0.2, 0.25) is 0 Å². The Balaban J connectivity index is 2.27. The van der Waals surface area contributed by atoms with Crippen LogP contribution in [0.4, 0.5) is 5.69 Å². The number of hydrogen-bond donors (Lipinski definition) is 1. The maximum atomic E-state index is 12.5. The van der Waals surface area contributed by atoms with E-state index in [2.05, 4.69) is 31.4 Å². The molecule has 1 amide bonds. The van der Waals surface area contributed by atoms with Crippen LogP contribution in [0.3, 0.4) is 0 Å². The van der Waals surface area contributed by atoms with Gasteiger partial charge in [0.15, 0.2) is 0 Å². The lowest BCUT2D eigenvalue weighted by atomic mass is 10.0. The van der Waals surface area contributed by atoms with Gasteiger partial charge in [0.25, 0.3) is 5.91 Å². The Morgan fingerprint density at radius 3 is 2.50 bits per heavy atom. The van der Waals surface area contributed by atoms with Crippen molar-refractivity contribution >= 4 is 27.5 Å². The first-order valence-corrected chi connectivity index (χ1v) is 7.05. The van der Waals surface area contributed by atoms with Gasteiger partial charge >= 0.3 is 0 Å². The molecule has 2 aromatic heterocycles. The van der Waals surface area contributed by atoms with Gasteiger partial charge in [-0.2, -0.15) is 10.2 Å². The van der Waals surface area contributed by atoms with Crippen LogP contribution >= 0.6 is 15.9 Å². The summed E-state index contributed by atoms with van der Waals surface area (Å²) in [4.78, 5) is 12.5. The van der Waals surface area contributed by atoms with Gasteiger partial charge < -0.3 is 5.32 Å². The van der Waals surface area contributed by atoms with Crippen LogP contribution in [0.1, 0.15) is 25.2 Å². The predicted molar refractivity (Wildman–Crippen MR) is 80.6 cm³/mol. The molecule has 1 N–H and O–H groups in total. The molecular weight excluding hydrogens is 322 g/mol. The van der Waals surface area contributed by atoms with Gasteiger partial charge in [0.1, 0.15) is 5.54 Å². The Labute approximate surface area is 126 Å². The van der Waals surface area contributed by atoms with Gasteiger partial charge in [-0.3, -0.25) is 14.2 Å². The van der Waals surface area contributed by atoms with Crippen molar-refractivity contribution in [3.8, 4) is 0 Å². The molecule has 0 spiro atoms. The smallest absolute Gasteiger partial charge is 0.251 e. The number of nitrogens with zero attached hydrogens (tertiary/aromatic N) is 4. The molecule has 0 aliphatic carbocycles. The first-order valence-electron chi connectivity index (χ1n) is 6.25. The number of amides is 1. The second-order valence-corrected chi connectivity index (χ2v) is 6.20. The van der Waals surface area contributed by atoms with Crippen LogP contribution in [-0.2, 0) is 17.4 Å². The third-order valence-electron chi connectivity index (χ3n) is 3.43. The third-order valence-corrected chi connectivity index (χ3v) is 3.84. The number of aryl methyl sites for hydroxylation is 2. The monoisotopic (exact) mass is 339 g/mol. The normalized spacial score (nSPS) is 11.7. The largest absolute Gasteiger partial charge is 0.321 e. The minimum Gasteiger partial charge on any atom is -0.321 e. The zero-order valence-electron chi connectivity index (χ0n) is 12.2. The number of carbonyl (C=O) groups is 1. The number of rotatable bonds is 3. The number of nitrogens with one attached hydrogen (secondary N) is 1. The van der Waals surface area contributed by atoms with Crippen molar-refractivity contribution < 1.29 is 4.79 Å². The van der Waals surface area contributed by atoms with Crippen molar-refractivity contribution in [2.45, 2.75) is 33.2 Å². The molecule has 0 atom stereocenters. The summed E-state index contributed by atoms with van der Waals surface area (Å²) in [7, 11) is 1.85. The second-order valence-electron chi connectivity index (χ2n) is 5.29. The molecule has 0 bridgehead atoms. The molecule has 0 fully saturated rings. The molecule has 0 aliphatic rings. The van der Waals surface area contributed by atoms with Gasteiger partial charge in [0.05, 0.1) is 27.7 Å². The third kappa shape index (κ3) is 2.49. The van der Waals surface area contributed by atoms with Crippen molar-refractivity contribution in [2.24, 2.45) is 7.05 Å². The maximum absolute atomic E-state index is 12.5. The van der Waals surface area contributed by atoms with Crippen molar-refractivity contribution in [2.75, 3.05) is 5.32 Å². The fourth-order valence-electron chi connectivity index (χ4n) is 1.93. The molecule has 0 unspecified atom stereocenters. The molecule has 0 saturated heterocycles. The van der Waals surface area contributed by atoms with E-state index in [1.54, 1.807) is 21.8 Å². The van der Waals surface area contributed by atoms with Gasteiger partial charge in [-0.05, 0) is 43.6 Å². The fraction of sp³-hybridized carbons (Fsp3) is 0.462. The summed E-state index contributed by atoms with van der Waals surface area (Å²) in [5, 5.41) is 11.4. The number of aromatic nitrogens is 4. The van der Waals surface area contributed by atoms with E-state index >= 15 is 0 Å².